The average Bonchev–Trinajstić information content (AvgIpc) is 2.43. The summed E-state index contributed by atoms with van der Waals surface area (Å²) < 4.78 is 0. The minimum Gasteiger partial charge on any atom is -0.393 e. The molecule has 156 valence electrons. The number of rotatable bonds is 1. The number of amidine groups is 1. The van der Waals surface area contributed by atoms with Crippen LogP contribution in [0.4, 0.5) is 0 Å². The standard InChI is InChI=1S/C23H42N2O2/c1-13-9-18(26)16(21(3,4)5)11-15(13)20-24-23(25-20)12-17(22(6,7)8)19(27)10-14(23)2/h13-19,26-27H,9-12H2,1-8H3,(H,24,25). The van der Waals surface area contributed by atoms with Crippen LogP contribution in [0.2, 0.25) is 0 Å². The molecule has 0 aromatic carbocycles. The summed E-state index contributed by atoms with van der Waals surface area (Å²) in [6, 6.07) is 0. The van der Waals surface area contributed by atoms with Crippen molar-refractivity contribution in [2.24, 2.45) is 45.4 Å². The van der Waals surface area contributed by atoms with Crippen molar-refractivity contribution in [2.45, 2.75) is 98.9 Å². The predicted molar refractivity (Wildman–Crippen MR) is 111 cm³/mol. The SMILES string of the molecule is CC1CC(O)C(C(C)(C)C)CC1C1=NC2(CC(C(C)(C)C)C(O)CC2C)N1. The predicted octanol–water partition coefficient (Wildman–Crippen LogP) is 4.21. The quantitative estimate of drug-likeness (QED) is 0.640. The third-order valence-electron chi connectivity index (χ3n) is 7.92. The molecule has 3 N–H and O–H groups in total. The zero-order valence-corrected chi connectivity index (χ0v) is 18.7. The summed E-state index contributed by atoms with van der Waals surface area (Å²) in [7, 11) is 0. The molecule has 0 amide bonds. The van der Waals surface area contributed by atoms with Gasteiger partial charge in [0, 0.05) is 11.8 Å². The number of aliphatic hydroxyl groups is 2. The maximum Gasteiger partial charge on any atom is 0.135 e. The van der Waals surface area contributed by atoms with E-state index in [0.29, 0.717) is 23.7 Å². The maximum atomic E-state index is 10.6. The lowest BCUT2D eigenvalue weighted by atomic mass is 9.61. The molecule has 1 aliphatic heterocycles. The molecule has 27 heavy (non-hydrogen) atoms. The minimum absolute atomic E-state index is 0.0824. The molecule has 1 spiro atoms. The monoisotopic (exact) mass is 378 g/mol. The van der Waals surface area contributed by atoms with E-state index < -0.39 is 0 Å². The first kappa shape index (κ1) is 21.1. The Kier molecular flexibility index (Phi) is 5.26. The van der Waals surface area contributed by atoms with Crippen LogP contribution in [-0.2, 0) is 0 Å². The highest BCUT2D eigenvalue weighted by atomic mass is 16.3. The van der Waals surface area contributed by atoms with Gasteiger partial charge in [-0.1, -0.05) is 55.4 Å². The van der Waals surface area contributed by atoms with Crippen LogP contribution in [-0.4, -0.2) is 33.9 Å². The van der Waals surface area contributed by atoms with Crippen LogP contribution in [0.15, 0.2) is 4.99 Å². The number of nitrogens with one attached hydrogen (secondary N) is 1. The summed E-state index contributed by atoms with van der Waals surface area (Å²) >= 11 is 0. The van der Waals surface area contributed by atoms with E-state index in [2.05, 4.69) is 60.7 Å². The van der Waals surface area contributed by atoms with Gasteiger partial charge in [0.15, 0.2) is 0 Å². The van der Waals surface area contributed by atoms with Crippen molar-refractivity contribution in [3.8, 4) is 0 Å². The minimum atomic E-state index is -0.235. The lowest BCUT2D eigenvalue weighted by Gasteiger charge is -2.56. The molecule has 2 fully saturated rings. The van der Waals surface area contributed by atoms with E-state index in [0.717, 1.165) is 31.5 Å². The normalized spacial score (nSPS) is 45.9. The van der Waals surface area contributed by atoms with E-state index in [1.165, 1.54) is 0 Å². The first-order valence-electron chi connectivity index (χ1n) is 11.0. The number of hydrogen-bond acceptors (Lipinski definition) is 4. The molecule has 0 aromatic rings. The van der Waals surface area contributed by atoms with Gasteiger partial charge in [-0.3, -0.25) is 0 Å². The van der Waals surface area contributed by atoms with Gasteiger partial charge in [0.2, 0.25) is 0 Å². The van der Waals surface area contributed by atoms with Crippen molar-refractivity contribution >= 4 is 5.84 Å². The van der Waals surface area contributed by atoms with E-state index in [4.69, 9.17) is 4.99 Å². The molecule has 0 aromatic heterocycles. The van der Waals surface area contributed by atoms with Crippen molar-refractivity contribution < 1.29 is 10.2 Å². The molecule has 8 unspecified atom stereocenters. The van der Waals surface area contributed by atoms with Gasteiger partial charge in [0.1, 0.15) is 11.5 Å². The highest BCUT2D eigenvalue weighted by molar-refractivity contribution is 5.90. The van der Waals surface area contributed by atoms with E-state index >= 15 is 0 Å². The molecule has 0 radical (unpaired) electrons. The number of aliphatic hydroxyl groups excluding tert-OH is 2. The zero-order chi connectivity index (χ0) is 20.4. The van der Waals surface area contributed by atoms with Gasteiger partial charge in [-0.25, -0.2) is 4.99 Å². The summed E-state index contributed by atoms with van der Waals surface area (Å²) in [5.41, 5.74) is -0.00201. The molecule has 8 atom stereocenters. The van der Waals surface area contributed by atoms with Crippen LogP contribution in [0, 0.1) is 40.4 Å². The van der Waals surface area contributed by atoms with Gasteiger partial charge in [-0.05, 0) is 54.3 Å². The molecule has 0 bridgehead atoms. The van der Waals surface area contributed by atoms with Crippen LogP contribution >= 0.6 is 0 Å². The fourth-order valence-corrected chi connectivity index (χ4v) is 5.91. The third kappa shape index (κ3) is 3.81. The van der Waals surface area contributed by atoms with Crippen LogP contribution in [0.1, 0.15) is 81.1 Å². The molecular formula is C23H42N2O2. The van der Waals surface area contributed by atoms with Crippen LogP contribution in [0.3, 0.4) is 0 Å². The Morgan fingerprint density at radius 3 is 1.93 bits per heavy atom. The van der Waals surface area contributed by atoms with E-state index in [9.17, 15) is 10.2 Å². The first-order chi connectivity index (χ1) is 12.2. The summed E-state index contributed by atoms with van der Waals surface area (Å²) in [5, 5.41) is 25.1. The van der Waals surface area contributed by atoms with Gasteiger partial charge >= 0.3 is 0 Å². The summed E-state index contributed by atoms with van der Waals surface area (Å²) in [6.07, 6.45) is 3.15. The molecule has 2 saturated carbocycles. The molecule has 3 rings (SSSR count). The average molecular weight is 379 g/mol. The molecule has 3 aliphatic rings. The zero-order valence-electron chi connectivity index (χ0n) is 18.7. The van der Waals surface area contributed by atoms with Gasteiger partial charge in [0.05, 0.1) is 12.2 Å². The van der Waals surface area contributed by atoms with Gasteiger partial charge < -0.3 is 15.5 Å². The van der Waals surface area contributed by atoms with Crippen LogP contribution in [0.25, 0.3) is 0 Å². The fourth-order valence-electron chi connectivity index (χ4n) is 5.91. The Bertz CT molecular complexity index is 588. The molecule has 4 heteroatoms. The summed E-state index contributed by atoms with van der Waals surface area (Å²) in [4.78, 5) is 5.22. The maximum absolute atomic E-state index is 10.6. The Morgan fingerprint density at radius 1 is 0.889 bits per heavy atom. The second-order valence-electron chi connectivity index (χ2n) is 12.0. The van der Waals surface area contributed by atoms with Gasteiger partial charge in [0.25, 0.3) is 0 Å². The molecular weight excluding hydrogens is 336 g/mol. The fraction of sp³-hybridized carbons (Fsp3) is 0.957. The summed E-state index contributed by atoms with van der Waals surface area (Å²) in [6.45, 7) is 17.9. The number of nitrogens with zero attached hydrogens (tertiary/aromatic N) is 1. The largest absolute Gasteiger partial charge is 0.393 e. The third-order valence-corrected chi connectivity index (χ3v) is 7.92. The Morgan fingerprint density at radius 2 is 1.41 bits per heavy atom. The number of hydrogen-bond donors (Lipinski definition) is 3. The van der Waals surface area contributed by atoms with Gasteiger partial charge in [-0.15, -0.1) is 0 Å². The molecule has 1 heterocycles. The molecule has 2 aliphatic carbocycles. The van der Waals surface area contributed by atoms with Gasteiger partial charge in [-0.2, -0.15) is 0 Å². The highest BCUT2D eigenvalue weighted by Gasteiger charge is 2.54. The Balaban J connectivity index is 1.79. The Labute approximate surface area is 166 Å². The summed E-state index contributed by atoms with van der Waals surface area (Å²) in [5.74, 6) is 2.94. The smallest absolute Gasteiger partial charge is 0.135 e. The second-order valence-corrected chi connectivity index (χ2v) is 12.0. The van der Waals surface area contributed by atoms with Crippen LogP contribution in [0.5, 0.6) is 0 Å². The van der Waals surface area contributed by atoms with Crippen molar-refractivity contribution in [2.75, 3.05) is 0 Å². The first-order valence-corrected chi connectivity index (χ1v) is 11.0. The van der Waals surface area contributed by atoms with Crippen molar-refractivity contribution in [1.82, 2.24) is 5.32 Å². The molecule has 0 saturated heterocycles. The highest BCUT2D eigenvalue weighted by Crippen LogP contribution is 2.50. The van der Waals surface area contributed by atoms with Crippen LogP contribution < -0.4 is 5.32 Å². The van der Waals surface area contributed by atoms with Crippen molar-refractivity contribution in [3.63, 3.8) is 0 Å². The lowest BCUT2D eigenvalue weighted by Crippen LogP contribution is -2.67. The van der Waals surface area contributed by atoms with E-state index in [1.54, 1.807) is 0 Å². The van der Waals surface area contributed by atoms with Crippen molar-refractivity contribution in [3.05, 3.63) is 0 Å². The second kappa shape index (κ2) is 6.73. The van der Waals surface area contributed by atoms with E-state index in [1.807, 2.05) is 0 Å². The van der Waals surface area contributed by atoms with Crippen molar-refractivity contribution in [1.29, 1.82) is 0 Å². The van der Waals surface area contributed by atoms with E-state index in [-0.39, 0.29) is 34.6 Å². The lowest BCUT2D eigenvalue weighted by molar-refractivity contribution is -0.0520. The topological polar surface area (TPSA) is 64.9 Å². The Hall–Kier alpha value is -0.610. The molecule has 4 nitrogen and oxygen atoms in total. The number of aliphatic imine (C=N–C) groups is 1.